The molecule has 3 aliphatic heterocycles. The van der Waals surface area contributed by atoms with E-state index >= 15 is 0 Å². The molecule has 5 nitrogen and oxygen atoms in total. The second-order valence-corrected chi connectivity index (χ2v) is 9.34. The number of hydrogen-bond acceptors (Lipinski definition) is 4. The lowest BCUT2D eigenvalue weighted by molar-refractivity contribution is -0.149. The average Bonchev–Trinajstić information content (AvgIpc) is 2.71. The van der Waals surface area contributed by atoms with Crippen molar-refractivity contribution in [3.8, 4) is 0 Å². The molecule has 0 radical (unpaired) electrons. The van der Waals surface area contributed by atoms with Gasteiger partial charge in [-0.25, -0.2) is 0 Å². The Bertz CT molecular complexity index is 665. The Morgan fingerprint density at radius 1 is 1.18 bits per heavy atom. The number of likely N-dealkylation sites (N-methyl/N-ethyl adjacent to an activating group) is 1. The van der Waals surface area contributed by atoms with E-state index in [0.717, 1.165) is 25.2 Å². The normalized spacial score (nSPS) is 31.5. The van der Waals surface area contributed by atoms with Crippen molar-refractivity contribution in [3.05, 3.63) is 35.9 Å². The summed E-state index contributed by atoms with van der Waals surface area (Å²) < 4.78 is 0. The fourth-order valence-electron chi connectivity index (χ4n) is 5.85. The molecule has 0 aromatic heterocycles. The molecule has 0 spiro atoms. The molecule has 28 heavy (non-hydrogen) atoms. The highest BCUT2D eigenvalue weighted by atomic mass is 16.3. The number of amides is 1. The molecule has 1 aromatic carbocycles. The van der Waals surface area contributed by atoms with E-state index in [1.165, 1.54) is 32.2 Å². The Morgan fingerprint density at radius 3 is 2.68 bits per heavy atom. The van der Waals surface area contributed by atoms with E-state index in [-0.39, 0.29) is 5.91 Å². The number of aliphatic hydroxyl groups is 1. The third-order valence-corrected chi connectivity index (χ3v) is 7.04. The number of benzene rings is 1. The molecule has 154 valence electrons. The van der Waals surface area contributed by atoms with Gasteiger partial charge in [-0.3, -0.25) is 9.69 Å². The lowest BCUT2D eigenvalue weighted by Crippen LogP contribution is -2.66. The smallest absolute Gasteiger partial charge is 0.251 e. The molecule has 5 atom stereocenters. The monoisotopic (exact) mass is 385 g/mol. The molecule has 0 saturated carbocycles. The van der Waals surface area contributed by atoms with Crippen LogP contribution in [0.2, 0.25) is 0 Å². The van der Waals surface area contributed by atoms with Crippen LogP contribution in [0.1, 0.15) is 31.2 Å². The van der Waals surface area contributed by atoms with Gasteiger partial charge in [-0.2, -0.15) is 0 Å². The van der Waals surface area contributed by atoms with Gasteiger partial charge in [0.2, 0.25) is 0 Å². The van der Waals surface area contributed by atoms with Crippen molar-refractivity contribution >= 4 is 5.91 Å². The average molecular weight is 386 g/mol. The number of aliphatic hydroxyl groups excluding tert-OH is 1. The van der Waals surface area contributed by atoms with E-state index in [0.29, 0.717) is 30.3 Å². The van der Waals surface area contributed by atoms with Crippen LogP contribution in [0.5, 0.6) is 0 Å². The summed E-state index contributed by atoms with van der Waals surface area (Å²) in [5.41, 5.74) is 1.02. The maximum atomic E-state index is 13.1. The SMILES string of the molecule is CN(C)C[C@H]1[C@H]2C[C@H](CN(C(=O)[C@@H](O)Cc3ccccc3)C2)[C@@H]2CCCCN21. The Hall–Kier alpha value is -1.43. The van der Waals surface area contributed by atoms with Crippen LogP contribution in [0.15, 0.2) is 30.3 Å². The van der Waals surface area contributed by atoms with E-state index in [1.807, 2.05) is 35.2 Å². The maximum Gasteiger partial charge on any atom is 0.251 e. The first kappa shape index (κ1) is 19.9. The molecule has 1 amide bonds. The third-order valence-electron chi connectivity index (χ3n) is 7.04. The zero-order chi connectivity index (χ0) is 19.7. The second-order valence-electron chi connectivity index (χ2n) is 9.34. The Balaban J connectivity index is 1.47. The van der Waals surface area contributed by atoms with E-state index in [9.17, 15) is 9.90 Å². The predicted molar refractivity (Wildman–Crippen MR) is 111 cm³/mol. The first-order chi connectivity index (χ1) is 13.5. The molecule has 4 rings (SSSR count). The van der Waals surface area contributed by atoms with E-state index < -0.39 is 6.10 Å². The molecule has 1 N–H and O–H groups in total. The molecule has 3 saturated heterocycles. The van der Waals surface area contributed by atoms with Crippen LogP contribution >= 0.6 is 0 Å². The molecular formula is C23H35N3O2. The van der Waals surface area contributed by atoms with Gasteiger partial charge in [-0.05, 0) is 57.3 Å². The Labute approximate surface area is 169 Å². The molecule has 3 heterocycles. The number of piperidine rings is 3. The number of nitrogens with zero attached hydrogens (tertiary/aromatic N) is 3. The van der Waals surface area contributed by atoms with E-state index in [4.69, 9.17) is 0 Å². The number of fused-ring (bicyclic) bond motifs is 4. The van der Waals surface area contributed by atoms with E-state index in [1.54, 1.807) is 0 Å². The van der Waals surface area contributed by atoms with Crippen molar-refractivity contribution in [2.45, 2.75) is 50.3 Å². The first-order valence-corrected chi connectivity index (χ1v) is 10.9. The van der Waals surface area contributed by atoms with Crippen molar-refractivity contribution in [3.63, 3.8) is 0 Å². The summed E-state index contributed by atoms with van der Waals surface area (Å²) >= 11 is 0. The van der Waals surface area contributed by atoms with Crippen LogP contribution in [0.3, 0.4) is 0 Å². The number of likely N-dealkylation sites (tertiary alicyclic amines) is 1. The Morgan fingerprint density at radius 2 is 1.93 bits per heavy atom. The zero-order valence-electron chi connectivity index (χ0n) is 17.3. The van der Waals surface area contributed by atoms with Gasteiger partial charge in [-0.15, -0.1) is 0 Å². The highest BCUT2D eigenvalue weighted by molar-refractivity contribution is 5.81. The van der Waals surface area contributed by atoms with Crippen molar-refractivity contribution < 1.29 is 9.90 Å². The summed E-state index contributed by atoms with van der Waals surface area (Å²) in [6.07, 6.45) is 4.58. The molecule has 3 fully saturated rings. The van der Waals surface area contributed by atoms with Gasteiger partial charge in [0.05, 0.1) is 0 Å². The summed E-state index contributed by atoms with van der Waals surface area (Å²) in [5.74, 6) is 1.00. The second kappa shape index (κ2) is 8.52. The summed E-state index contributed by atoms with van der Waals surface area (Å²) in [7, 11) is 4.31. The highest BCUT2D eigenvalue weighted by Gasteiger charge is 2.48. The number of carbonyl (C=O) groups is 1. The zero-order valence-corrected chi connectivity index (χ0v) is 17.3. The molecule has 1 aromatic rings. The van der Waals surface area contributed by atoms with Crippen LogP contribution in [0.25, 0.3) is 0 Å². The van der Waals surface area contributed by atoms with Crippen LogP contribution in [0.4, 0.5) is 0 Å². The van der Waals surface area contributed by atoms with Crippen molar-refractivity contribution in [1.29, 1.82) is 0 Å². The van der Waals surface area contributed by atoms with Gasteiger partial charge >= 0.3 is 0 Å². The minimum absolute atomic E-state index is 0.0774. The van der Waals surface area contributed by atoms with Crippen molar-refractivity contribution in [2.75, 3.05) is 40.3 Å². The lowest BCUT2D eigenvalue weighted by atomic mass is 9.72. The first-order valence-electron chi connectivity index (χ1n) is 10.9. The summed E-state index contributed by atoms with van der Waals surface area (Å²) in [4.78, 5) is 20.1. The van der Waals surface area contributed by atoms with Crippen LogP contribution in [-0.2, 0) is 11.2 Å². The van der Waals surface area contributed by atoms with Gasteiger partial charge in [-0.1, -0.05) is 36.8 Å². The van der Waals surface area contributed by atoms with Crippen molar-refractivity contribution in [2.24, 2.45) is 11.8 Å². The largest absolute Gasteiger partial charge is 0.383 e. The van der Waals surface area contributed by atoms with Gasteiger partial charge in [0, 0.05) is 38.1 Å². The minimum Gasteiger partial charge on any atom is -0.383 e. The molecule has 5 heteroatoms. The summed E-state index contributed by atoms with van der Waals surface area (Å²) in [6.45, 7) is 3.88. The van der Waals surface area contributed by atoms with Gasteiger partial charge < -0.3 is 14.9 Å². The molecule has 3 aliphatic rings. The van der Waals surface area contributed by atoms with Gasteiger partial charge in [0.15, 0.2) is 0 Å². The minimum atomic E-state index is -0.934. The van der Waals surface area contributed by atoms with Gasteiger partial charge in [0.25, 0.3) is 5.91 Å². The van der Waals surface area contributed by atoms with Crippen LogP contribution < -0.4 is 0 Å². The summed E-state index contributed by atoms with van der Waals surface area (Å²) in [6, 6.07) is 11.0. The third kappa shape index (κ3) is 4.12. The predicted octanol–water partition coefficient (Wildman–Crippen LogP) is 1.85. The molecular weight excluding hydrogens is 350 g/mol. The molecule has 0 unspecified atom stereocenters. The summed E-state index contributed by atoms with van der Waals surface area (Å²) in [5, 5.41) is 10.6. The fraction of sp³-hybridized carbons (Fsp3) is 0.696. The number of carbonyl (C=O) groups excluding carboxylic acids is 1. The quantitative estimate of drug-likeness (QED) is 0.840. The highest BCUT2D eigenvalue weighted by Crippen LogP contribution is 2.41. The number of hydrogen-bond donors (Lipinski definition) is 1. The molecule has 2 bridgehead atoms. The standard InChI is InChI=1S/C23H35N3O2/c1-24(2)16-21-19-13-18(20-10-6-7-11-26(20)21)14-25(15-19)23(28)22(27)12-17-8-4-3-5-9-17/h3-5,8-9,18-22,27H,6-7,10-16H2,1-2H3/t18-,19+,20+,21+,22+/m1/s1. The fourth-order valence-corrected chi connectivity index (χ4v) is 5.85. The van der Waals surface area contributed by atoms with Crippen molar-refractivity contribution in [1.82, 2.24) is 14.7 Å². The van der Waals surface area contributed by atoms with Crippen LogP contribution in [-0.4, -0.2) is 84.2 Å². The maximum absolute atomic E-state index is 13.1. The topological polar surface area (TPSA) is 47.0 Å². The lowest BCUT2D eigenvalue weighted by Gasteiger charge is -2.57. The van der Waals surface area contributed by atoms with E-state index in [2.05, 4.69) is 23.9 Å². The Kier molecular flexibility index (Phi) is 6.04. The van der Waals surface area contributed by atoms with Crippen LogP contribution in [0, 0.1) is 11.8 Å². The number of rotatable bonds is 5. The van der Waals surface area contributed by atoms with Gasteiger partial charge in [0.1, 0.15) is 6.10 Å². The molecule has 0 aliphatic carbocycles.